The van der Waals surface area contributed by atoms with E-state index in [0.29, 0.717) is 36.7 Å². The summed E-state index contributed by atoms with van der Waals surface area (Å²) in [4.78, 5) is 28.2. The van der Waals surface area contributed by atoms with Crippen LogP contribution in [-0.2, 0) is 16.1 Å². The van der Waals surface area contributed by atoms with E-state index in [1.165, 1.54) is 25.7 Å². The molecule has 1 unspecified atom stereocenters. The van der Waals surface area contributed by atoms with Crippen LogP contribution in [-0.4, -0.2) is 58.7 Å². The summed E-state index contributed by atoms with van der Waals surface area (Å²) < 4.78 is 6.51. The lowest BCUT2D eigenvalue weighted by molar-refractivity contribution is -0.136. The van der Waals surface area contributed by atoms with Gasteiger partial charge in [0, 0.05) is 24.6 Å². The van der Waals surface area contributed by atoms with Crippen molar-refractivity contribution in [2.45, 2.75) is 83.5 Å². The number of nitrogens with one attached hydrogen (secondary N) is 2. The van der Waals surface area contributed by atoms with Crippen molar-refractivity contribution < 1.29 is 14.3 Å². The van der Waals surface area contributed by atoms with Crippen molar-refractivity contribution in [3.8, 4) is 5.75 Å². The second-order valence-electron chi connectivity index (χ2n) is 10.6. The van der Waals surface area contributed by atoms with E-state index in [1.807, 2.05) is 23.1 Å². The maximum absolute atomic E-state index is 12.3. The topological polar surface area (TPSA) is 85.7 Å². The highest BCUT2D eigenvalue weighted by Gasteiger charge is 2.39. The third-order valence-electron chi connectivity index (χ3n) is 7.87. The van der Waals surface area contributed by atoms with Crippen LogP contribution in [0.5, 0.6) is 5.75 Å². The van der Waals surface area contributed by atoms with Crippen LogP contribution in [0.1, 0.15) is 69.9 Å². The molecule has 32 heavy (non-hydrogen) atoms. The van der Waals surface area contributed by atoms with Crippen molar-refractivity contribution in [2.24, 2.45) is 5.41 Å². The number of likely N-dealkylation sites (tertiary alicyclic amines) is 1. The zero-order valence-corrected chi connectivity index (χ0v) is 19.2. The number of benzene rings is 1. The van der Waals surface area contributed by atoms with Gasteiger partial charge in [0.25, 0.3) is 0 Å². The van der Waals surface area contributed by atoms with E-state index in [4.69, 9.17) is 10.1 Å². The summed E-state index contributed by atoms with van der Waals surface area (Å²) in [6.45, 7) is 7.55. The first-order valence-electron chi connectivity index (χ1n) is 12.0. The summed E-state index contributed by atoms with van der Waals surface area (Å²) in [6.07, 6.45) is 6.96. The number of rotatable bonds is 4. The fourth-order valence-electron chi connectivity index (χ4n) is 5.77. The maximum Gasteiger partial charge on any atom is 0.249 e. The van der Waals surface area contributed by atoms with Crippen LogP contribution in [0.3, 0.4) is 0 Å². The number of amides is 2. The molecule has 3 aliphatic heterocycles. The van der Waals surface area contributed by atoms with Crippen molar-refractivity contribution in [1.29, 1.82) is 5.41 Å². The van der Waals surface area contributed by atoms with Crippen molar-refractivity contribution in [2.75, 3.05) is 13.1 Å². The van der Waals surface area contributed by atoms with Crippen LogP contribution in [0.4, 0.5) is 0 Å². The number of imide groups is 1. The second-order valence-corrected chi connectivity index (χ2v) is 10.6. The molecule has 3 atom stereocenters. The zero-order valence-electron chi connectivity index (χ0n) is 19.2. The Morgan fingerprint density at radius 1 is 1.12 bits per heavy atom. The third kappa shape index (κ3) is 4.03. The van der Waals surface area contributed by atoms with Gasteiger partial charge in [0.1, 0.15) is 23.7 Å². The predicted octanol–water partition coefficient (Wildman–Crippen LogP) is 3.05. The van der Waals surface area contributed by atoms with Crippen LogP contribution >= 0.6 is 0 Å². The Morgan fingerprint density at radius 2 is 1.91 bits per heavy atom. The van der Waals surface area contributed by atoms with Crippen molar-refractivity contribution >= 4 is 17.6 Å². The number of fused-ring (bicyclic) bond motifs is 1. The molecule has 5 rings (SSSR count). The SMILES string of the molecule is CC1(C)CCN([C@H]2CCC[C@H]2Oc2ccc3c(c2)CN(C2CCC(=O)NC2=O)C3=N)CC1. The molecule has 0 radical (unpaired) electrons. The van der Waals surface area contributed by atoms with Gasteiger partial charge in [0.15, 0.2) is 0 Å². The first kappa shape index (κ1) is 21.4. The molecule has 1 aromatic rings. The molecule has 4 aliphatic rings. The van der Waals surface area contributed by atoms with E-state index >= 15 is 0 Å². The molecule has 2 amide bonds. The number of ether oxygens (including phenoxy) is 1. The average Bonchev–Trinajstić information content (AvgIpc) is 3.33. The third-order valence-corrected chi connectivity index (χ3v) is 7.87. The Labute approximate surface area is 190 Å². The van der Waals surface area contributed by atoms with Crippen LogP contribution < -0.4 is 10.1 Å². The lowest BCUT2D eigenvalue weighted by atomic mass is 9.82. The normalized spacial score (nSPS) is 30.4. The van der Waals surface area contributed by atoms with Crippen molar-refractivity contribution in [3.63, 3.8) is 0 Å². The van der Waals surface area contributed by atoms with Gasteiger partial charge in [0.2, 0.25) is 11.8 Å². The van der Waals surface area contributed by atoms with Crippen LogP contribution in [0, 0.1) is 10.8 Å². The van der Waals surface area contributed by atoms with Gasteiger partial charge in [-0.25, -0.2) is 0 Å². The molecule has 3 heterocycles. The Balaban J connectivity index is 1.26. The number of carbonyl (C=O) groups is 2. The molecule has 1 aromatic carbocycles. The van der Waals surface area contributed by atoms with E-state index < -0.39 is 6.04 Å². The van der Waals surface area contributed by atoms with Crippen molar-refractivity contribution in [3.05, 3.63) is 29.3 Å². The fraction of sp³-hybridized carbons (Fsp3) is 0.640. The van der Waals surface area contributed by atoms with Gasteiger partial charge in [-0.15, -0.1) is 0 Å². The minimum absolute atomic E-state index is 0.210. The molecule has 1 aliphatic carbocycles. The van der Waals surface area contributed by atoms with Gasteiger partial charge in [-0.3, -0.25) is 25.2 Å². The number of amidine groups is 1. The lowest BCUT2D eigenvalue weighted by Crippen LogP contribution is -2.52. The summed E-state index contributed by atoms with van der Waals surface area (Å²) in [5.41, 5.74) is 2.32. The quantitative estimate of drug-likeness (QED) is 0.706. The second kappa shape index (κ2) is 8.18. The van der Waals surface area contributed by atoms with E-state index in [1.54, 1.807) is 0 Å². The van der Waals surface area contributed by atoms with Crippen LogP contribution in [0.15, 0.2) is 18.2 Å². The molecule has 0 aromatic heterocycles. The summed E-state index contributed by atoms with van der Waals surface area (Å²) in [6, 6.07) is 5.99. The van der Waals surface area contributed by atoms with Crippen molar-refractivity contribution in [1.82, 2.24) is 15.1 Å². The molecule has 2 N–H and O–H groups in total. The van der Waals surface area contributed by atoms with E-state index in [2.05, 4.69) is 24.1 Å². The average molecular weight is 439 g/mol. The van der Waals surface area contributed by atoms with Crippen LogP contribution in [0.2, 0.25) is 0 Å². The smallest absolute Gasteiger partial charge is 0.249 e. The summed E-state index contributed by atoms with van der Waals surface area (Å²) in [5, 5.41) is 11.0. The summed E-state index contributed by atoms with van der Waals surface area (Å²) in [5.74, 6) is 0.689. The molecule has 7 heteroatoms. The van der Waals surface area contributed by atoms with Gasteiger partial charge >= 0.3 is 0 Å². The molecule has 172 valence electrons. The van der Waals surface area contributed by atoms with Crippen LogP contribution in [0.25, 0.3) is 0 Å². The molecule has 0 spiro atoms. The first-order chi connectivity index (χ1) is 15.3. The molecule has 1 saturated carbocycles. The summed E-state index contributed by atoms with van der Waals surface area (Å²) in [7, 11) is 0. The highest BCUT2D eigenvalue weighted by atomic mass is 16.5. The Morgan fingerprint density at radius 3 is 2.66 bits per heavy atom. The summed E-state index contributed by atoms with van der Waals surface area (Å²) >= 11 is 0. The fourth-order valence-corrected chi connectivity index (χ4v) is 5.77. The zero-order chi connectivity index (χ0) is 22.5. The Kier molecular flexibility index (Phi) is 5.48. The monoisotopic (exact) mass is 438 g/mol. The molecule has 2 saturated heterocycles. The largest absolute Gasteiger partial charge is 0.489 e. The highest BCUT2D eigenvalue weighted by molar-refractivity contribution is 6.06. The number of nitrogens with zero attached hydrogens (tertiary/aromatic N) is 2. The number of piperidine rings is 2. The molecular formula is C25H34N4O3. The molecule has 0 bridgehead atoms. The number of hydrogen-bond donors (Lipinski definition) is 2. The lowest BCUT2D eigenvalue weighted by Gasteiger charge is -2.41. The minimum Gasteiger partial charge on any atom is -0.489 e. The van der Waals surface area contributed by atoms with E-state index in [-0.39, 0.29) is 17.9 Å². The van der Waals surface area contributed by atoms with Gasteiger partial charge in [-0.05, 0) is 80.8 Å². The van der Waals surface area contributed by atoms with Gasteiger partial charge in [-0.1, -0.05) is 13.8 Å². The Hall–Kier alpha value is -2.41. The minimum atomic E-state index is -0.459. The predicted molar refractivity (Wildman–Crippen MR) is 122 cm³/mol. The number of carbonyl (C=O) groups excluding carboxylic acids is 2. The van der Waals surface area contributed by atoms with Gasteiger partial charge < -0.3 is 9.64 Å². The molecular weight excluding hydrogens is 404 g/mol. The van der Waals surface area contributed by atoms with E-state index in [0.717, 1.165) is 36.4 Å². The maximum atomic E-state index is 12.3. The molecule has 3 fully saturated rings. The van der Waals surface area contributed by atoms with Gasteiger partial charge in [-0.2, -0.15) is 0 Å². The first-order valence-corrected chi connectivity index (χ1v) is 12.0. The van der Waals surface area contributed by atoms with Gasteiger partial charge in [0.05, 0.1) is 0 Å². The number of hydrogen-bond acceptors (Lipinski definition) is 5. The standard InChI is InChI=1S/C25H34N4O3/c1-25(2)10-12-28(13-11-25)19-4-3-5-21(19)32-17-6-7-18-16(14-17)15-29(23(18)26)20-8-9-22(30)27-24(20)31/h6-7,14,19-21,26H,3-5,8-13,15H2,1-2H3,(H,27,30,31)/t19-,20?,21+/m0/s1. The van der Waals surface area contributed by atoms with E-state index in [9.17, 15) is 9.59 Å². The highest BCUT2D eigenvalue weighted by Crippen LogP contribution is 2.36. The molecule has 7 nitrogen and oxygen atoms in total. The Bertz CT molecular complexity index is 933.